The number of fused-ring (bicyclic) bond motifs is 5. The van der Waals surface area contributed by atoms with Crippen LogP contribution in [0.4, 0.5) is 4.79 Å². The normalized spacial score (nSPS) is 47.1. The van der Waals surface area contributed by atoms with Crippen molar-refractivity contribution < 1.29 is 9.59 Å². The topological polar surface area (TPSA) is 58.2 Å². The van der Waals surface area contributed by atoms with Gasteiger partial charge in [-0.15, -0.1) is 0 Å². The number of hydrogen-bond acceptors (Lipinski definition) is 2. The summed E-state index contributed by atoms with van der Waals surface area (Å²) in [6, 6.07) is -0.168. The smallest absolute Gasteiger partial charge is 0.321 e. The van der Waals surface area contributed by atoms with Crippen molar-refractivity contribution in [3.05, 3.63) is 0 Å². The highest BCUT2D eigenvalue weighted by Crippen LogP contribution is 2.49. The average Bonchev–Trinajstić information content (AvgIpc) is 2.62. The van der Waals surface area contributed by atoms with Crippen LogP contribution in [0, 0.1) is 17.8 Å². The van der Waals surface area contributed by atoms with E-state index in [-0.39, 0.29) is 23.9 Å². The van der Waals surface area contributed by atoms with Gasteiger partial charge in [0.05, 0.1) is 5.92 Å². The molecule has 3 fully saturated rings. The van der Waals surface area contributed by atoms with E-state index in [9.17, 15) is 9.59 Å². The minimum atomic E-state index is -0.307. The van der Waals surface area contributed by atoms with Gasteiger partial charge in [-0.25, -0.2) is 4.79 Å². The van der Waals surface area contributed by atoms with Crippen LogP contribution in [0.3, 0.4) is 0 Å². The molecule has 1 aliphatic heterocycles. The fraction of sp³-hybridized carbons (Fsp3) is 0.778. The predicted octanol–water partition coefficient (Wildman–Crippen LogP) is 0.240. The molecule has 0 aromatic carbocycles. The lowest BCUT2D eigenvalue weighted by Gasteiger charge is -2.34. The number of carbonyl (C=O) groups excluding carboxylic acids is 2. The van der Waals surface area contributed by atoms with E-state index in [1.165, 1.54) is 6.42 Å². The Morgan fingerprint density at radius 3 is 2.77 bits per heavy atom. The van der Waals surface area contributed by atoms with Crippen molar-refractivity contribution in [2.75, 3.05) is 0 Å². The standard InChI is InChI=1S/C9H12N2O2/c12-8-6-4-1-2-5(3-4)7(6)10-9(13)11-8/h4-7H,1-3H2,(H2,10,11,12,13)/t4-,5+,6+,7-/m1/s1. The molecule has 13 heavy (non-hydrogen) atoms. The Hall–Kier alpha value is -1.06. The van der Waals surface area contributed by atoms with Crippen LogP contribution in [0.25, 0.3) is 0 Å². The summed E-state index contributed by atoms with van der Waals surface area (Å²) in [5, 5.41) is 5.22. The SMILES string of the molecule is O=C1NC(=O)[C@H]2[C@@H]3CC[C@@H](C3)[C@H]2N1. The van der Waals surface area contributed by atoms with E-state index >= 15 is 0 Å². The predicted molar refractivity (Wildman–Crippen MR) is 44.8 cm³/mol. The van der Waals surface area contributed by atoms with E-state index < -0.39 is 0 Å². The second-order valence-corrected chi connectivity index (χ2v) is 4.35. The molecule has 4 atom stereocenters. The molecule has 2 N–H and O–H groups in total. The first-order chi connectivity index (χ1) is 6.25. The molecule has 4 nitrogen and oxygen atoms in total. The molecule has 0 radical (unpaired) electrons. The molecular weight excluding hydrogens is 168 g/mol. The number of urea groups is 1. The van der Waals surface area contributed by atoms with Crippen LogP contribution < -0.4 is 10.6 Å². The van der Waals surface area contributed by atoms with E-state index in [0.29, 0.717) is 11.8 Å². The summed E-state index contributed by atoms with van der Waals surface area (Å²) in [6.07, 6.45) is 3.47. The van der Waals surface area contributed by atoms with Gasteiger partial charge in [0.1, 0.15) is 0 Å². The second-order valence-electron chi connectivity index (χ2n) is 4.35. The van der Waals surface area contributed by atoms with Crippen LogP contribution in [0.1, 0.15) is 19.3 Å². The minimum absolute atomic E-state index is 0.0547. The molecule has 1 saturated heterocycles. The van der Waals surface area contributed by atoms with Crippen molar-refractivity contribution in [3.8, 4) is 0 Å². The van der Waals surface area contributed by atoms with Crippen LogP contribution in [0.5, 0.6) is 0 Å². The van der Waals surface area contributed by atoms with Crippen molar-refractivity contribution in [1.29, 1.82) is 0 Å². The zero-order valence-electron chi connectivity index (χ0n) is 7.25. The number of imide groups is 1. The molecule has 2 aliphatic carbocycles. The van der Waals surface area contributed by atoms with Gasteiger partial charge in [0, 0.05) is 6.04 Å². The van der Waals surface area contributed by atoms with Crippen LogP contribution in [0.2, 0.25) is 0 Å². The van der Waals surface area contributed by atoms with Gasteiger partial charge in [0.2, 0.25) is 5.91 Å². The fourth-order valence-corrected chi connectivity index (χ4v) is 3.26. The van der Waals surface area contributed by atoms with E-state index in [1.54, 1.807) is 0 Å². The molecule has 3 aliphatic rings. The molecule has 0 aromatic heterocycles. The third kappa shape index (κ3) is 0.857. The summed E-state index contributed by atoms with van der Waals surface area (Å²) < 4.78 is 0. The molecule has 70 valence electrons. The van der Waals surface area contributed by atoms with Gasteiger partial charge < -0.3 is 5.32 Å². The van der Waals surface area contributed by atoms with Gasteiger partial charge in [-0.3, -0.25) is 10.1 Å². The zero-order valence-corrected chi connectivity index (χ0v) is 7.25. The van der Waals surface area contributed by atoms with Gasteiger partial charge in [0.15, 0.2) is 0 Å². The monoisotopic (exact) mass is 180 g/mol. The molecule has 0 unspecified atom stereocenters. The lowest BCUT2D eigenvalue weighted by Crippen LogP contribution is -2.59. The van der Waals surface area contributed by atoms with E-state index in [0.717, 1.165) is 12.8 Å². The number of amides is 3. The molecule has 2 saturated carbocycles. The first kappa shape index (κ1) is 7.35. The van der Waals surface area contributed by atoms with E-state index in [2.05, 4.69) is 10.6 Å². The van der Waals surface area contributed by atoms with Crippen LogP contribution in [0.15, 0.2) is 0 Å². The van der Waals surface area contributed by atoms with Gasteiger partial charge in [-0.05, 0) is 31.1 Å². The molecule has 3 rings (SSSR count). The van der Waals surface area contributed by atoms with Gasteiger partial charge >= 0.3 is 6.03 Å². The quantitative estimate of drug-likeness (QED) is 0.561. The zero-order chi connectivity index (χ0) is 9.00. The molecule has 1 heterocycles. The summed E-state index contributed by atoms with van der Waals surface area (Å²) in [6.45, 7) is 0. The maximum atomic E-state index is 11.5. The Bertz CT molecular complexity index is 289. The van der Waals surface area contributed by atoms with Crippen molar-refractivity contribution in [1.82, 2.24) is 10.6 Å². The lowest BCUT2D eigenvalue weighted by molar-refractivity contribution is -0.127. The van der Waals surface area contributed by atoms with Crippen LogP contribution in [-0.4, -0.2) is 18.0 Å². The highest BCUT2D eigenvalue weighted by atomic mass is 16.2. The fourth-order valence-electron chi connectivity index (χ4n) is 3.26. The van der Waals surface area contributed by atoms with Gasteiger partial charge in [-0.2, -0.15) is 0 Å². The number of rotatable bonds is 0. The van der Waals surface area contributed by atoms with Crippen LogP contribution >= 0.6 is 0 Å². The second kappa shape index (κ2) is 2.25. The molecule has 0 aromatic rings. The molecule has 3 amide bonds. The Balaban J connectivity index is 1.93. The summed E-state index contributed by atoms with van der Waals surface area (Å²) in [7, 11) is 0. The lowest BCUT2D eigenvalue weighted by atomic mass is 9.83. The van der Waals surface area contributed by atoms with Gasteiger partial charge in [0.25, 0.3) is 0 Å². The molecular formula is C9H12N2O2. The number of nitrogens with one attached hydrogen (secondary N) is 2. The summed E-state index contributed by atoms with van der Waals surface area (Å²) >= 11 is 0. The summed E-state index contributed by atoms with van der Waals surface area (Å²) in [5.74, 6) is 1.10. The summed E-state index contributed by atoms with van der Waals surface area (Å²) in [5.41, 5.74) is 0. The van der Waals surface area contributed by atoms with Crippen molar-refractivity contribution in [2.45, 2.75) is 25.3 Å². The molecule has 4 heteroatoms. The van der Waals surface area contributed by atoms with Crippen LogP contribution in [-0.2, 0) is 4.79 Å². The van der Waals surface area contributed by atoms with E-state index in [1.807, 2.05) is 0 Å². The molecule has 2 bridgehead atoms. The maximum Gasteiger partial charge on any atom is 0.321 e. The van der Waals surface area contributed by atoms with Gasteiger partial charge in [-0.1, -0.05) is 0 Å². The number of hydrogen-bond donors (Lipinski definition) is 2. The minimum Gasteiger partial charge on any atom is -0.334 e. The highest BCUT2D eigenvalue weighted by molar-refractivity contribution is 5.99. The number of carbonyl (C=O) groups is 2. The largest absolute Gasteiger partial charge is 0.334 e. The van der Waals surface area contributed by atoms with Crippen molar-refractivity contribution >= 4 is 11.9 Å². The third-order valence-corrected chi connectivity index (χ3v) is 3.75. The first-order valence-corrected chi connectivity index (χ1v) is 4.87. The average molecular weight is 180 g/mol. The molecule has 0 spiro atoms. The van der Waals surface area contributed by atoms with Crippen molar-refractivity contribution in [3.63, 3.8) is 0 Å². The Labute approximate surface area is 76.1 Å². The summed E-state index contributed by atoms with van der Waals surface area (Å²) in [4.78, 5) is 22.6. The maximum absolute atomic E-state index is 11.5. The van der Waals surface area contributed by atoms with E-state index in [4.69, 9.17) is 0 Å². The Kier molecular flexibility index (Phi) is 1.27. The highest BCUT2D eigenvalue weighted by Gasteiger charge is 2.53. The first-order valence-electron chi connectivity index (χ1n) is 4.87. The Morgan fingerprint density at radius 1 is 1.15 bits per heavy atom. The Morgan fingerprint density at radius 2 is 1.92 bits per heavy atom. The third-order valence-electron chi connectivity index (χ3n) is 3.75. The van der Waals surface area contributed by atoms with Crippen molar-refractivity contribution in [2.24, 2.45) is 17.8 Å².